The van der Waals surface area contributed by atoms with Crippen molar-refractivity contribution in [1.29, 1.82) is 0 Å². The van der Waals surface area contributed by atoms with Gasteiger partial charge >= 0.3 is 0 Å². The average Bonchev–Trinajstić information content (AvgIpc) is 2.56. The standard InChI is InChI=1S/C20H24ClNO2/c1-5-20(3,4)15-7-10-17(11-8-15)24-13-19(23)22-18-12-16(21)9-6-14(18)2/h6-12H,5,13H2,1-4H3,(H,22,23). The highest BCUT2D eigenvalue weighted by Crippen LogP contribution is 2.28. The second-order valence-electron chi connectivity index (χ2n) is 6.56. The lowest BCUT2D eigenvalue weighted by Crippen LogP contribution is -2.20. The van der Waals surface area contributed by atoms with Crippen molar-refractivity contribution in [3.63, 3.8) is 0 Å². The predicted octanol–water partition coefficient (Wildman–Crippen LogP) is 5.35. The lowest BCUT2D eigenvalue weighted by Gasteiger charge is -2.23. The third-order valence-electron chi connectivity index (χ3n) is 4.36. The summed E-state index contributed by atoms with van der Waals surface area (Å²) in [5.74, 6) is 0.474. The largest absolute Gasteiger partial charge is 0.484 e. The third kappa shape index (κ3) is 4.75. The monoisotopic (exact) mass is 345 g/mol. The first kappa shape index (κ1) is 18.3. The van der Waals surface area contributed by atoms with Crippen LogP contribution >= 0.6 is 11.6 Å². The maximum Gasteiger partial charge on any atom is 0.262 e. The van der Waals surface area contributed by atoms with Crippen molar-refractivity contribution in [2.45, 2.75) is 39.5 Å². The molecule has 2 aromatic carbocycles. The Hall–Kier alpha value is -2.00. The van der Waals surface area contributed by atoms with E-state index in [9.17, 15) is 4.79 Å². The fourth-order valence-corrected chi connectivity index (χ4v) is 2.44. The minimum atomic E-state index is -0.210. The van der Waals surface area contributed by atoms with Crippen LogP contribution in [0.15, 0.2) is 42.5 Å². The molecule has 0 bridgehead atoms. The number of carbonyl (C=O) groups is 1. The van der Waals surface area contributed by atoms with Gasteiger partial charge < -0.3 is 10.1 Å². The molecule has 4 heteroatoms. The highest BCUT2D eigenvalue weighted by atomic mass is 35.5. The van der Waals surface area contributed by atoms with Gasteiger partial charge in [-0.15, -0.1) is 0 Å². The summed E-state index contributed by atoms with van der Waals surface area (Å²) < 4.78 is 5.57. The average molecular weight is 346 g/mol. The maximum atomic E-state index is 12.0. The number of nitrogens with one attached hydrogen (secondary N) is 1. The SMILES string of the molecule is CCC(C)(C)c1ccc(OCC(=O)Nc2cc(Cl)ccc2C)cc1. The highest BCUT2D eigenvalue weighted by molar-refractivity contribution is 6.31. The molecule has 1 N–H and O–H groups in total. The van der Waals surface area contributed by atoms with Crippen molar-refractivity contribution in [3.8, 4) is 5.75 Å². The molecule has 128 valence electrons. The van der Waals surface area contributed by atoms with Gasteiger partial charge in [0.15, 0.2) is 6.61 Å². The van der Waals surface area contributed by atoms with Crippen LogP contribution < -0.4 is 10.1 Å². The molecule has 0 saturated carbocycles. The van der Waals surface area contributed by atoms with E-state index in [1.54, 1.807) is 12.1 Å². The lowest BCUT2D eigenvalue weighted by molar-refractivity contribution is -0.118. The van der Waals surface area contributed by atoms with E-state index in [0.29, 0.717) is 16.5 Å². The molecule has 0 fully saturated rings. The van der Waals surface area contributed by atoms with E-state index in [1.807, 2.05) is 25.1 Å². The molecule has 0 heterocycles. The van der Waals surface area contributed by atoms with Gasteiger partial charge in [0.25, 0.3) is 5.91 Å². The zero-order valence-corrected chi connectivity index (χ0v) is 15.4. The van der Waals surface area contributed by atoms with Crippen molar-refractivity contribution >= 4 is 23.2 Å². The highest BCUT2D eigenvalue weighted by Gasteiger charge is 2.17. The van der Waals surface area contributed by atoms with Crippen LogP contribution in [-0.2, 0) is 10.2 Å². The molecule has 0 radical (unpaired) electrons. The summed E-state index contributed by atoms with van der Waals surface area (Å²) in [5.41, 5.74) is 3.06. The smallest absolute Gasteiger partial charge is 0.262 e. The molecule has 0 aliphatic carbocycles. The summed E-state index contributed by atoms with van der Waals surface area (Å²) >= 11 is 5.95. The summed E-state index contributed by atoms with van der Waals surface area (Å²) in [5, 5.41) is 3.41. The van der Waals surface area contributed by atoms with E-state index in [0.717, 1.165) is 12.0 Å². The summed E-state index contributed by atoms with van der Waals surface area (Å²) in [7, 11) is 0. The van der Waals surface area contributed by atoms with Crippen molar-refractivity contribution in [1.82, 2.24) is 0 Å². The first-order valence-corrected chi connectivity index (χ1v) is 8.49. The predicted molar refractivity (Wildman–Crippen MR) is 100 cm³/mol. The molecular weight excluding hydrogens is 322 g/mol. The van der Waals surface area contributed by atoms with Crippen LogP contribution in [0.5, 0.6) is 5.75 Å². The lowest BCUT2D eigenvalue weighted by atomic mass is 9.82. The van der Waals surface area contributed by atoms with E-state index in [4.69, 9.17) is 16.3 Å². The number of hydrogen-bond donors (Lipinski definition) is 1. The van der Waals surface area contributed by atoms with Gasteiger partial charge in [-0.1, -0.05) is 50.6 Å². The van der Waals surface area contributed by atoms with Gasteiger partial charge in [0.1, 0.15) is 5.75 Å². The second-order valence-corrected chi connectivity index (χ2v) is 6.99. The number of anilines is 1. The van der Waals surface area contributed by atoms with Gasteiger partial charge in [-0.25, -0.2) is 0 Å². The third-order valence-corrected chi connectivity index (χ3v) is 4.60. The minimum Gasteiger partial charge on any atom is -0.484 e. The zero-order valence-electron chi connectivity index (χ0n) is 14.7. The molecule has 1 amide bonds. The number of ether oxygens (including phenoxy) is 1. The van der Waals surface area contributed by atoms with Crippen molar-refractivity contribution in [2.75, 3.05) is 11.9 Å². The van der Waals surface area contributed by atoms with E-state index in [1.165, 1.54) is 5.56 Å². The number of amides is 1. The number of rotatable bonds is 6. The molecule has 2 aromatic rings. The van der Waals surface area contributed by atoms with Crippen molar-refractivity contribution < 1.29 is 9.53 Å². The fourth-order valence-electron chi connectivity index (χ4n) is 2.27. The van der Waals surface area contributed by atoms with Crippen molar-refractivity contribution in [3.05, 3.63) is 58.6 Å². The van der Waals surface area contributed by atoms with Crippen LogP contribution in [0.4, 0.5) is 5.69 Å². The van der Waals surface area contributed by atoms with E-state index < -0.39 is 0 Å². The Balaban J connectivity index is 1.93. The van der Waals surface area contributed by atoms with Crippen LogP contribution in [0, 0.1) is 6.92 Å². The van der Waals surface area contributed by atoms with Crippen LogP contribution in [-0.4, -0.2) is 12.5 Å². The Morgan fingerprint density at radius 3 is 2.46 bits per heavy atom. The van der Waals surface area contributed by atoms with Crippen LogP contribution in [0.1, 0.15) is 38.3 Å². The fraction of sp³-hybridized carbons (Fsp3) is 0.350. The number of carbonyl (C=O) groups excluding carboxylic acids is 1. The Morgan fingerprint density at radius 1 is 1.17 bits per heavy atom. The molecule has 0 aromatic heterocycles. The van der Waals surface area contributed by atoms with Crippen LogP contribution in [0.25, 0.3) is 0 Å². The van der Waals surface area contributed by atoms with E-state index in [2.05, 4.69) is 38.2 Å². The molecule has 24 heavy (non-hydrogen) atoms. The quantitative estimate of drug-likeness (QED) is 0.766. The summed E-state index contributed by atoms with van der Waals surface area (Å²) in [6.07, 6.45) is 1.06. The first-order valence-electron chi connectivity index (χ1n) is 8.11. The maximum absolute atomic E-state index is 12.0. The number of aryl methyl sites for hydroxylation is 1. The van der Waals surface area contributed by atoms with E-state index >= 15 is 0 Å². The normalized spacial score (nSPS) is 11.2. The van der Waals surface area contributed by atoms with Gasteiger partial charge in [0, 0.05) is 10.7 Å². The van der Waals surface area contributed by atoms with Gasteiger partial charge in [-0.3, -0.25) is 4.79 Å². The minimum absolute atomic E-state index is 0.0392. The molecule has 0 saturated heterocycles. The molecule has 0 aliphatic heterocycles. The zero-order chi connectivity index (χ0) is 17.7. The topological polar surface area (TPSA) is 38.3 Å². The van der Waals surface area contributed by atoms with Gasteiger partial charge in [0.05, 0.1) is 0 Å². The second kappa shape index (κ2) is 7.71. The van der Waals surface area contributed by atoms with Crippen LogP contribution in [0.2, 0.25) is 5.02 Å². The van der Waals surface area contributed by atoms with E-state index in [-0.39, 0.29) is 17.9 Å². The first-order chi connectivity index (χ1) is 11.3. The Morgan fingerprint density at radius 2 is 1.83 bits per heavy atom. The molecule has 0 atom stereocenters. The summed E-state index contributed by atoms with van der Waals surface area (Å²) in [6, 6.07) is 13.3. The Bertz CT molecular complexity index is 708. The molecule has 3 nitrogen and oxygen atoms in total. The molecule has 0 aliphatic rings. The Kier molecular flexibility index (Phi) is 5.89. The van der Waals surface area contributed by atoms with Crippen LogP contribution in [0.3, 0.4) is 0 Å². The number of hydrogen-bond acceptors (Lipinski definition) is 2. The summed E-state index contributed by atoms with van der Waals surface area (Å²) in [4.78, 5) is 12.0. The molecule has 0 spiro atoms. The number of halogens is 1. The summed E-state index contributed by atoms with van der Waals surface area (Å²) in [6.45, 7) is 8.48. The molecule has 2 rings (SSSR count). The number of benzene rings is 2. The molecule has 0 unspecified atom stereocenters. The van der Waals surface area contributed by atoms with Gasteiger partial charge in [-0.05, 0) is 54.2 Å². The van der Waals surface area contributed by atoms with Gasteiger partial charge in [-0.2, -0.15) is 0 Å². The molecular formula is C20H24ClNO2. The van der Waals surface area contributed by atoms with Gasteiger partial charge in [0.2, 0.25) is 0 Å². The van der Waals surface area contributed by atoms with Crippen molar-refractivity contribution in [2.24, 2.45) is 0 Å². The Labute approximate surface area is 149 Å².